The SMILES string of the molecule is CONCc1cc(Cl)c(OC)c(OC)c1C. The maximum absolute atomic E-state index is 6.09. The summed E-state index contributed by atoms with van der Waals surface area (Å²) in [5.41, 5.74) is 4.75. The molecular weight excluding hydrogens is 230 g/mol. The predicted octanol–water partition coefficient (Wildman–Crippen LogP) is 2.32. The van der Waals surface area contributed by atoms with E-state index in [1.165, 1.54) is 0 Å². The van der Waals surface area contributed by atoms with Gasteiger partial charge in [-0.15, -0.1) is 0 Å². The molecule has 1 aromatic rings. The number of methoxy groups -OCH3 is 2. The van der Waals surface area contributed by atoms with Gasteiger partial charge < -0.3 is 14.3 Å². The van der Waals surface area contributed by atoms with E-state index in [9.17, 15) is 0 Å². The second-order valence-electron chi connectivity index (χ2n) is 3.23. The Bertz CT molecular complexity index is 369. The number of halogens is 1. The molecule has 1 rings (SSSR count). The van der Waals surface area contributed by atoms with Crippen LogP contribution >= 0.6 is 11.6 Å². The minimum atomic E-state index is 0.526. The Labute approximate surface area is 100 Å². The highest BCUT2D eigenvalue weighted by Gasteiger charge is 2.15. The van der Waals surface area contributed by atoms with E-state index in [4.69, 9.17) is 25.9 Å². The molecule has 0 saturated carbocycles. The van der Waals surface area contributed by atoms with Crippen molar-refractivity contribution in [1.29, 1.82) is 0 Å². The molecular formula is C11H16ClNO3. The molecule has 0 aliphatic carbocycles. The molecule has 4 nitrogen and oxygen atoms in total. The van der Waals surface area contributed by atoms with Crippen LogP contribution in [0.15, 0.2) is 6.07 Å². The van der Waals surface area contributed by atoms with E-state index in [0.717, 1.165) is 11.1 Å². The summed E-state index contributed by atoms with van der Waals surface area (Å²) >= 11 is 6.09. The first-order valence-electron chi connectivity index (χ1n) is 4.81. The average molecular weight is 246 g/mol. The zero-order chi connectivity index (χ0) is 12.1. The number of hydroxylamine groups is 1. The molecule has 0 fully saturated rings. The molecule has 0 amide bonds. The van der Waals surface area contributed by atoms with Gasteiger partial charge >= 0.3 is 0 Å². The molecule has 0 aliphatic rings. The van der Waals surface area contributed by atoms with E-state index in [0.29, 0.717) is 23.1 Å². The fourth-order valence-electron chi connectivity index (χ4n) is 1.52. The Hall–Kier alpha value is -0.970. The molecule has 0 heterocycles. The van der Waals surface area contributed by atoms with Gasteiger partial charge in [-0.25, -0.2) is 0 Å². The first-order chi connectivity index (χ1) is 7.65. The van der Waals surface area contributed by atoms with Crippen LogP contribution in [0.5, 0.6) is 11.5 Å². The quantitative estimate of drug-likeness (QED) is 0.809. The maximum Gasteiger partial charge on any atom is 0.179 e. The number of nitrogens with one attached hydrogen (secondary N) is 1. The monoisotopic (exact) mass is 245 g/mol. The third kappa shape index (κ3) is 2.58. The van der Waals surface area contributed by atoms with Crippen LogP contribution in [0.25, 0.3) is 0 Å². The molecule has 0 unspecified atom stereocenters. The van der Waals surface area contributed by atoms with Crippen LogP contribution in [0.2, 0.25) is 5.02 Å². The van der Waals surface area contributed by atoms with Crippen molar-refractivity contribution in [3.05, 3.63) is 22.2 Å². The van der Waals surface area contributed by atoms with Crippen LogP contribution in [-0.4, -0.2) is 21.3 Å². The molecule has 0 aromatic heterocycles. The van der Waals surface area contributed by atoms with Gasteiger partial charge in [-0.2, -0.15) is 5.48 Å². The fourth-order valence-corrected chi connectivity index (χ4v) is 1.82. The van der Waals surface area contributed by atoms with E-state index in [1.807, 2.05) is 13.0 Å². The van der Waals surface area contributed by atoms with E-state index in [1.54, 1.807) is 21.3 Å². The lowest BCUT2D eigenvalue weighted by atomic mass is 10.1. The Morgan fingerprint density at radius 1 is 1.19 bits per heavy atom. The normalized spacial score (nSPS) is 10.3. The molecule has 1 aromatic carbocycles. The van der Waals surface area contributed by atoms with Crippen molar-refractivity contribution in [3.63, 3.8) is 0 Å². The van der Waals surface area contributed by atoms with Crippen LogP contribution in [0, 0.1) is 6.92 Å². The van der Waals surface area contributed by atoms with Crippen molar-refractivity contribution >= 4 is 11.6 Å². The molecule has 0 saturated heterocycles. The van der Waals surface area contributed by atoms with E-state index in [-0.39, 0.29) is 0 Å². The first-order valence-corrected chi connectivity index (χ1v) is 5.19. The molecule has 0 bridgehead atoms. The van der Waals surface area contributed by atoms with E-state index >= 15 is 0 Å². The third-order valence-electron chi connectivity index (χ3n) is 2.36. The van der Waals surface area contributed by atoms with Crippen LogP contribution in [-0.2, 0) is 11.4 Å². The molecule has 16 heavy (non-hydrogen) atoms. The van der Waals surface area contributed by atoms with Crippen molar-refractivity contribution in [2.45, 2.75) is 13.5 Å². The van der Waals surface area contributed by atoms with Crippen LogP contribution in [0.4, 0.5) is 0 Å². The largest absolute Gasteiger partial charge is 0.493 e. The molecule has 0 aliphatic heterocycles. The summed E-state index contributed by atoms with van der Waals surface area (Å²) in [5.74, 6) is 1.21. The second-order valence-corrected chi connectivity index (χ2v) is 3.64. The number of benzene rings is 1. The summed E-state index contributed by atoms with van der Waals surface area (Å²) in [7, 11) is 4.72. The fraction of sp³-hybridized carbons (Fsp3) is 0.455. The topological polar surface area (TPSA) is 39.7 Å². The van der Waals surface area contributed by atoms with E-state index < -0.39 is 0 Å². The summed E-state index contributed by atoms with van der Waals surface area (Å²) in [6, 6.07) is 1.84. The second kappa shape index (κ2) is 5.94. The molecule has 0 spiro atoms. The Morgan fingerprint density at radius 3 is 2.31 bits per heavy atom. The van der Waals surface area contributed by atoms with Gasteiger partial charge in [0.05, 0.1) is 26.4 Å². The van der Waals surface area contributed by atoms with Gasteiger partial charge in [-0.3, -0.25) is 0 Å². The van der Waals surface area contributed by atoms with Crippen molar-refractivity contribution < 1.29 is 14.3 Å². The van der Waals surface area contributed by atoms with Gasteiger partial charge in [-0.1, -0.05) is 11.6 Å². The number of hydrogen-bond acceptors (Lipinski definition) is 4. The zero-order valence-corrected chi connectivity index (χ0v) is 10.6. The van der Waals surface area contributed by atoms with Crippen molar-refractivity contribution in [2.24, 2.45) is 0 Å². The molecule has 90 valence electrons. The summed E-state index contributed by atoms with van der Waals surface area (Å²) in [5, 5.41) is 0.526. The highest BCUT2D eigenvalue weighted by Crippen LogP contribution is 2.39. The maximum atomic E-state index is 6.09. The zero-order valence-electron chi connectivity index (χ0n) is 9.89. The molecule has 5 heteroatoms. The van der Waals surface area contributed by atoms with Gasteiger partial charge in [0.1, 0.15) is 0 Å². The van der Waals surface area contributed by atoms with Crippen molar-refractivity contribution in [1.82, 2.24) is 5.48 Å². The van der Waals surface area contributed by atoms with Crippen LogP contribution in [0.3, 0.4) is 0 Å². The molecule has 1 N–H and O–H groups in total. The first kappa shape index (κ1) is 13.1. The minimum Gasteiger partial charge on any atom is -0.493 e. The van der Waals surface area contributed by atoms with Crippen molar-refractivity contribution in [3.8, 4) is 11.5 Å². The van der Waals surface area contributed by atoms with E-state index in [2.05, 4.69) is 5.48 Å². The molecule has 0 radical (unpaired) electrons. The standard InChI is InChI=1S/C11H16ClNO3/c1-7-8(6-13-16-4)5-9(12)11(15-3)10(7)14-2/h5,13H,6H2,1-4H3. The summed E-state index contributed by atoms with van der Waals surface area (Å²) in [4.78, 5) is 4.81. The van der Waals surface area contributed by atoms with Gasteiger partial charge in [0.15, 0.2) is 11.5 Å². The summed E-state index contributed by atoms with van der Waals surface area (Å²) in [6.07, 6.45) is 0. The lowest BCUT2D eigenvalue weighted by Crippen LogP contribution is -2.12. The Balaban J connectivity index is 3.17. The van der Waals surface area contributed by atoms with Gasteiger partial charge in [0.25, 0.3) is 0 Å². The van der Waals surface area contributed by atoms with Gasteiger partial charge in [0.2, 0.25) is 0 Å². The summed E-state index contributed by atoms with van der Waals surface area (Å²) < 4.78 is 10.5. The highest BCUT2D eigenvalue weighted by atomic mass is 35.5. The summed E-state index contributed by atoms with van der Waals surface area (Å²) in [6.45, 7) is 2.51. The highest BCUT2D eigenvalue weighted by molar-refractivity contribution is 6.32. The predicted molar refractivity (Wildman–Crippen MR) is 63.1 cm³/mol. The lowest BCUT2D eigenvalue weighted by Gasteiger charge is -2.15. The Morgan fingerprint density at radius 2 is 1.81 bits per heavy atom. The van der Waals surface area contributed by atoms with Crippen molar-refractivity contribution in [2.75, 3.05) is 21.3 Å². The minimum absolute atomic E-state index is 0.526. The molecule has 0 atom stereocenters. The average Bonchev–Trinajstić information content (AvgIpc) is 2.29. The van der Waals surface area contributed by atoms with Crippen LogP contribution in [0.1, 0.15) is 11.1 Å². The third-order valence-corrected chi connectivity index (χ3v) is 2.64. The number of rotatable bonds is 5. The lowest BCUT2D eigenvalue weighted by molar-refractivity contribution is 0.0865. The number of ether oxygens (including phenoxy) is 2. The number of hydrogen-bond donors (Lipinski definition) is 1. The van der Waals surface area contributed by atoms with Gasteiger partial charge in [0, 0.05) is 6.54 Å². The van der Waals surface area contributed by atoms with Crippen LogP contribution < -0.4 is 15.0 Å². The Kier molecular flexibility index (Phi) is 4.86. The van der Waals surface area contributed by atoms with Gasteiger partial charge in [-0.05, 0) is 24.1 Å². The smallest absolute Gasteiger partial charge is 0.179 e.